The van der Waals surface area contributed by atoms with Crippen LogP contribution in [0.15, 0.2) is 0 Å². The molecule has 0 radical (unpaired) electrons. The number of aromatic nitrogens is 1. The van der Waals surface area contributed by atoms with E-state index >= 15 is 0 Å². The molecule has 0 unspecified atom stereocenters. The van der Waals surface area contributed by atoms with Crippen LogP contribution < -0.4 is 4.90 Å². The molecule has 1 aromatic heterocycles. The van der Waals surface area contributed by atoms with Crippen molar-refractivity contribution in [3.8, 4) is 5.88 Å². The maximum Gasteiger partial charge on any atom is 0.228 e. The van der Waals surface area contributed by atoms with Crippen molar-refractivity contribution in [2.45, 2.75) is 6.42 Å². The van der Waals surface area contributed by atoms with Crippen LogP contribution in [0.5, 0.6) is 5.88 Å². The Hall–Kier alpha value is -1.38. The molecule has 1 aromatic rings. The van der Waals surface area contributed by atoms with Crippen LogP contribution in [0.4, 0.5) is 5.13 Å². The quantitative estimate of drug-likeness (QED) is 0.852. The number of nitrogens with zero attached hydrogens (tertiary/aromatic N) is 3. The Balaban J connectivity index is 1.64. The lowest BCUT2D eigenvalue weighted by Crippen LogP contribution is -2.41. The van der Waals surface area contributed by atoms with Gasteiger partial charge >= 0.3 is 0 Å². The molecule has 0 saturated carbocycles. The van der Waals surface area contributed by atoms with E-state index in [0.717, 1.165) is 18.2 Å². The number of carbonyl (C=O) groups excluding carboxylic acids is 1. The van der Waals surface area contributed by atoms with E-state index < -0.39 is 0 Å². The van der Waals surface area contributed by atoms with Crippen molar-refractivity contribution < 1.29 is 19.4 Å². The zero-order valence-electron chi connectivity index (χ0n) is 11.8. The van der Waals surface area contributed by atoms with Gasteiger partial charge in [-0.1, -0.05) is 11.3 Å². The lowest BCUT2D eigenvalue weighted by molar-refractivity contribution is -0.134. The van der Waals surface area contributed by atoms with Gasteiger partial charge in [0.2, 0.25) is 11.8 Å². The summed E-state index contributed by atoms with van der Waals surface area (Å²) in [5.74, 6) is -0.00567. The monoisotopic (exact) mass is 313 g/mol. The molecule has 0 atom stereocenters. The number of morpholine rings is 2. The third-order valence-corrected chi connectivity index (χ3v) is 4.73. The minimum atomic E-state index is -0.0249. The van der Waals surface area contributed by atoms with E-state index in [-0.39, 0.29) is 18.2 Å². The number of amides is 1. The molecule has 3 rings (SSSR count). The Morgan fingerprint density at radius 3 is 2.43 bits per heavy atom. The van der Waals surface area contributed by atoms with Crippen LogP contribution in [-0.4, -0.2) is 73.5 Å². The standard InChI is InChI=1S/C13H19N3O4S/c17-11(15-1-5-19-6-2-15)9-10-12(18)14-13(21-10)16-3-7-20-8-4-16/h18H,1-9H2. The van der Waals surface area contributed by atoms with Gasteiger partial charge < -0.3 is 24.4 Å². The summed E-state index contributed by atoms with van der Waals surface area (Å²) in [5, 5.41) is 10.7. The summed E-state index contributed by atoms with van der Waals surface area (Å²) in [4.78, 5) is 20.9. The Kier molecular flexibility index (Phi) is 4.57. The molecular weight excluding hydrogens is 294 g/mol. The van der Waals surface area contributed by atoms with E-state index in [9.17, 15) is 9.90 Å². The van der Waals surface area contributed by atoms with E-state index in [1.165, 1.54) is 11.3 Å². The topological polar surface area (TPSA) is 75.1 Å². The Morgan fingerprint density at radius 2 is 1.76 bits per heavy atom. The summed E-state index contributed by atoms with van der Waals surface area (Å²) in [6.45, 7) is 5.28. The number of rotatable bonds is 3. The van der Waals surface area contributed by atoms with Crippen molar-refractivity contribution in [1.82, 2.24) is 9.88 Å². The molecular formula is C13H19N3O4S. The zero-order valence-corrected chi connectivity index (χ0v) is 12.6. The third-order valence-electron chi connectivity index (χ3n) is 3.62. The molecule has 7 nitrogen and oxygen atoms in total. The van der Waals surface area contributed by atoms with Gasteiger partial charge in [-0.2, -0.15) is 4.98 Å². The van der Waals surface area contributed by atoms with Gasteiger partial charge in [0.15, 0.2) is 5.13 Å². The van der Waals surface area contributed by atoms with Crippen molar-refractivity contribution in [1.29, 1.82) is 0 Å². The number of hydrogen-bond acceptors (Lipinski definition) is 7. The fourth-order valence-corrected chi connectivity index (χ4v) is 3.40. The van der Waals surface area contributed by atoms with Crippen LogP contribution in [0, 0.1) is 0 Å². The molecule has 8 heteroatoms. The SMILES string of the molecule is O=C(Cc1sc(N2CCOCC2)nc1O)N1CCOCC1. The van der Waals surface area contributed by atoms with Gasteiger partial charge in [0.1, 0.15) is 0 Å². The van der Waals surface area contributed by atoms with E-state index in [1.54, 1.807) is 4.90 Å². The highest BCUT2D eigenvalue weighted by molar-refractivity contribution is 7.16. The van der Waals surface area contributed by atoms with Gasteiger partial charge in [-0.05, 0) is 0 Å². The first-order valence-electron chi connectivity index (χ1n) is 7.11. The van der Waals surface area contributed by atoms with Gasteiger partial charge in [-0.3, -0.25) is 4.79 Å². The van der Waals surface area contributed by atoms with Crippen LogP contribution >= 0.6 is 11.3 Å². The van der Waals surface area contributed by atoms with Gasteiger partial charge in [0.05, 0.1) is 37.7 Å². The average molecular weight is 313 g/mol. The molecule has 1 amide bonds. The molecule has 3 heterocycles. The van der Waals surface area contributed by atoms with Crippen molar-refractivity contribution >= 4 is 22.4 Å². The second-order valence-corrected chi connectivity index (χ2v) is 6.07. The summed E-state index contributed by atoms with van der Waals surface area (Å²) in [6.07, 6.45) is 0.202. The molecule has 2 aliphatic rings. The fourth-order valence-electron chi connectivity index (χ4n) is 2.40. The Morgan fingerprint density at radius 1 is 1.14 bits per heavy atom. The molecule has 116 valence electrons. The van der Waals surface area contributed by atoms with Gasteiger partial charge in [-0.15, -0.1) is 0 Å². The number of aromatic hydroxyl groups is 1. The number of carbonyl (C=O) groups is 1. The van der Waals surface area contributed by atoms with Crippen molar-refractivity contribution in [2.75, 3.05) is 57.5 Å². The highest BCUT2D eigenvalue weighted by Crippen LogP contribution is 2.31. The zero-order chi connectivity index (χ0) is 14.7. The summed E-state index contributed by atoms with van der Waals surface area (Å²) in [5.41, 5.74) is 0. The summed E-state index contributed by atoms with van der Waals surface area (Å²) in [7, 11) is 0. The first kappa shape index (κ1) is 14.6. The van der Waals surface area contributed by atoms with Crippen molar-refractivity contribution in [3.05, 3.63) is 4.88 Å². The Bertz CT molecular complexity index is 496. The number of ether oxygens (including phenoxy) is 2. The summed E-state index contributed by atoms with van der Waals surface area (Å²) >= 11 is 1.39. The molecule has 1 N–H and O–H groups in total. The molecule has 0 aromatic carbocycles. The fraction of sp³-hybridized carbons (Fsp3) is 0.692. The maximum atomic E-state index is 12.2. The first-order chi connectivity index (χ1) is 10.2. The van der Waals surface area contributed by atoms with Crippen LogP contribution in [-0.2, 0) is 20.7 Å². The van der Waals surface area contributed by atoms with Crippen molar-refractivity contribution in [3.63, 3.8) is 0 Å². The minimum absolute atomic E-state index is 0.0192. The predicted molar refractivity (Wildman–Crippen MR) is 77.9 cm³/mol. The maximum absolute atomic E-state index is 12.2. The van der Waals surface area contributed by atoms with Crippen LogP contribution in [0.3, 0.4) is 0 Å². The van der Waals surface area contributed by atoms with E-state index in [1.807, 2.05) is 0 Å². The third kappa shape index (κ3) is 3.45. The summed E-state index contributed by atoms with van der Waals surface area (Å²) in [6, 6.07) is 0. The van der Waals surface area contributed by atoms with Crippen LogP contribution in [0.25, 0.3) is 0 Å². The second-order valence-electron chi connectivity index (χ2n) is 5.01. The summed E-state index contributed by atoms with van der Waals surface area (Å²) < 4.78 is 10.5. The first-order valence-corrected chi connectivity index (χ1v) is 7.92. The number of thiazole rings is 1. The molecule has 2 aliphatic heterocycles. The largest absolute Gasteiger partial charge is 0.492 e. The molecule has 0 spiro atoms. The highest BCUT2D eigenvalue weighted by atomic mass is 32.1. The van der Waals surface area contributed by atoms with Gasteiger partial charge in [0, 0.05) is 26.2 Å². The van der Waals surface area contributed by atoms with Crippen LogP contribution in [0.2, 0.25) is 0 Å². The molecule has 0 bridgehead atoms. The van der Waals surface area contributed by atoms with E-state index in [4.69, 9.17) is 9.47 Å². The molecule has 2 fully saturated rings. The molecule has 21 heavy (non-hydrogen) atoms. The average Bonchev–Trinajstić information content (AvgIpc) is 2.90. The van der Waals surface area contributed by atoms with E-state index in [0.29, 0.717) is 44.4 Å². The van der Waals surface area contributed by atoms with Crippen LogP contribution in [0.1, 0.15) is 4.88 Å². The second kappa shape index (κ2) is 6.59. The van der Waals surface area contributed by atoms with Gasteiger partial charge in [0.25, 0.3) is 0 Å². The Labute approximate surface area is 127 Å². The highest BCUT2D eigenvalue weighted by Gasteiger charge is 2.23. The molecule has 0 aliphatic carbocycles. The molecule has 2 saturated heterocycles. The van der Waals surface area contributed by atoms with E-state index in [2.05, 4.69) is 9.88 Å². The lowest BCUT2D eigenvalue weighted by atomic mass is 10.3. The normalized spacial score (nSPS) is 19.8. The smallest absolute Gasteiger partial charge is 0.228 e. The number of hydrogen-bond donors (Lipinski definition) is 1. The predicted octanol–water partition coefficient (Wildman–Crippen LogP) is 0.0866. The number of anilines is 1. The minimum Gasteiger partial charge on any atom is -0.492 e. The van der Waals surface area contributed by atoms with Gasteiger partial charge in [-0.25, -0.2) is 0 Å². The van der Waals surface area contributed by atoms with Crippen molar-refractivity contribution in [2.24, 2.45) is 0 Å². The lowest BCUT2D eigenvalue weighted by Gasteiger charge is -2.26.